The largest absolute Gasteiger partial charge is 0.327 e. The standard InChI is InChI=1S/C43H42N2/c1-9-14-20-31(43-44-40(12-4)41(13-5)45(43)8)27-29(6)25-26-30(7)38-28-39-35-23-16-15-21-33(35)34-22-17-18-24-37(34)42(39)36(19-10-2)32(38)11-3/h10-28,32,36H,3-7,9H2,1-2,8H3/b19-10?,20-14-,26-25-,31-27+. The van der Waals surface area contributed by atoms with Crippen LogP contribution in [0.25, 0.3) is 45.3 Å². The van der Waals surface area contributed by atoms with Gasteiger partial charge in [0.15, 0.2) is 0 Å². The summed E-state index contributed by atoms with van der Waals surface area (Å²) < 4.78 is 2.04. The molecule has 1 aromatic heterocycles. The first-order chi connectivity index (χ1) is 21.9. The summed E-state index contributed by atoms with van der Waals surface area (Å²) >= 11 is 0. The number of rotatable bonds is 11. The molecule has 0 saturated heterocycles. The van der Waals surface area contributed by atoms with Crippen molar-refractivity contribution in [2.75, 3.05) is 0 Å². The second-order valence-electron chi connectivity index (χ2n) is 11.3. The number of hydrogen-bond donors (Lipinski definition) is 0. The molecule has 3 aromatic carbocycles. The lowest BCUT2D eigenvalue weighted by atomic mass is 9.70. The third kappa shape index (κ3) is 5.84. The Hall–Kier alpha value is -5.21. The number of aromatic nitrogens is 2. The van der Waals surface area contributed by atoms with Gasteiger partial charge in [-0.2, -0.15) is 0 Å². The van der Waals surface area contributed by atoms with Gasteiger partial charge in [0.25, 0.3) is 0 Å². The van der Waals surface area contributed by atoms with Gasteiger partial charge in [-0.05, 0) is 87.0 Å². The molecule has 45 heavy (non-hydrogen) atoms. The van der Waals surface area contributed by atoms with Crippen LogP contribution in [0, 0.1) is 5.92 Å². The summed E-state index contributed by atoms with van der Waals surface area (Å²) in [5, 5.41) is 5.09. The lowest BCUT2D eigenvalue weighted by molar-refractivity contribution is 0.677. The van der Waals surface area contributed by atoms with Crippen LogP contribution in [0.1, 0.15) is 54.5 Å². The van der Waals surface area contributed by atoms with Gasteiger partial charge in [0.2, 0.25) is 0 Å². The molecule has 0 amide bonds. The van der Waals surface area contributed by atoms with Crippen molar-refractivity contribution in [3.8, 4) is 0 Å². The number of allylic oxidation sites excluding steroid dienone is 12. The topological polar surface area (TPSA) is 17.8 Å². The Bertz CT molecular complexity index is 2000. The van der Waals surface area contributed by atoms with Crippen molar-refractivity contribution in [3.05, 3.63) is 175 Å². The normalized spacial score (nSPS) is 16.9. The molecule has 1 aliphatic rings. The number of hydrogen-bond acceptors (Lipinski definition) is 1. The fourth-order valence-electron chi connectivity index (χ4n) is 6.50. The van der Waals surface area contributed by atoms with Crippen molar-refractivity contribution >= 4 is 45.3 Å². The average molecular weight is 587 g/mol. The van der Waals surface area contributed by atoms with Gasteiger partial charge in [0.1, 0.15) is 5.82 Å². The molecular weight excluding hydrogens is 544 g/mol. The van der Waals surface area contributed by atoms with Crippen molar-refractivity contribution in [3.63, 3.8) is 0 Å². The summed E-state index contributed by atoms with van der Waals surface area (Å²) in [6.07, 6.45) is 23.8. The summed E-state index contributed by atoms with van der Waals surface area (Å²) in [5.41, 5.74) is 8.27. The molecule has 0 bridgehead atoms. The third-order valence-corrected chi connectivity index (χ3v) is 8.60. The smallest absolute Gasteiger partial charge is 0.140 e. The van der Waals surface area contributed by atoms with Crippen LogP contribution in [0.3, 0.4) is 0 Å². The minimum Gasteiger partial charge on any atom is -0.327 e. The molecule has 1 heterocycles. The molecule has 224 valence electrons. The predicted molar refractivity (Wildman–Crippen MR) is 199 cm³/mol. The van der Waals surface area contributed by atoms with Gasteiger partial charge >= 0.3 is 0 Å². The molecule has 2 unspecified atom stereocenters. The molecule has 0 radical (unpaired) electrons. The van der Waals surface area contributed by atoms with Crippen LogP contribution in [0.5, 0.6) is 0 Å². The zero-order valence-electron chi connectivity index (χ0n) is 26.8. The molecule has 5 rings (SSSR count). The minimum atomic E-state index is 0.0736. The highest BCUT2D eigenvalue weighted by atomic mass is 15.1. The second-order valence-corrected chi connectivity index (χ2v) is 11.3. The van der Waals surface area contributed by atoms with Crippen LogP contribution in [0.4, 0.5) is 0 Å². The number of nitrogens with zero attached hydrogens (tertiary/aromatic N) is 2. The van der Waals surface area contributed by atoms with E-state index in [1.165, 1.54) is 32.7 Å². The van der Waals surface area contributed by atoms with Gasteiger partial charge in [-0.3, -0.25) is 0 Å². The SMILES string of the molecule is C=Cc1nc(C(/C=C\CC)=C/C(=C)/C=C\C(=C)C2=Cc3c(c4ccccc4c4ccccc34)C(C=CC)C2C=C)n(C)c1C=C. The molecule has 0 spiro atoms. The lowest BCUT2D eigenvalue weighted by Crippen LogP contribution is -2.18. The molecule has 2 atom stereocenters. The van der Waals surface area contributed by atoms with E-state index in [9.17, 15) is 0 Å². The first kappa shape index (κ1) is 31.2. The maximum Gasteiger partial charge on any atom is 0.140 e. The fourth-order valence-corrected chi connectivity index (χ4v) is 6.50. The lowest BCUT2D eigenvalue weighted by Gasteiger charge is -2.33. The quantitative estimate of drug-likeness (QED) is 0.0971. The fraction of sp³-hybridized carbons (Fsp3) is 0.140. The van der Waals surface area contributed by atoms with Gasteiger partial charge in [-0.25, -0.2) is 4.98 Å². The summed E-state index contributed by atoms with van der Waals surface area (Å²) in [6.45, 7) is 25.3. The van der Waals surface area contributed by atoms with E-state index in [-0.39, 0.29) is 11.8 Å². The highest BCUT2D eigenvalue weighted by molar-refractivity contribution is 6.13. The van der Waals surface area contributed by atoms with E-state index in [0.717, 1.165) is 45.9 Å². The van der Waals surface area contributed by atoms with Crippen LogP contribution >= 0.6 is 0 Å². The molecule has 0 N–H and O–H groups in total. The Kier molecular flexibility index (Phi) is 9.45. The molecule has 0 fully saturated rings. The van der Waals surface area contributed by atoms with Gasteiger partial charge in [0, 0.05) is 24.5 Å². The Morgan fingerprint density at radius 3 is 2.13 bits per heavy atom. The van der Waals surface area contributed by atoms with Crippen molar-refractivity contribution in [2.45, 2.75) is 26.2 Å². The van der Waals surface area contributed by atoms with Crippen molar-refractivity contribution in [1.82, 2.24) is 9.55 Å². The van der Waals surface area contributed by atoms with Gasteiger partial charge in [-0.15, -0.1) is 6.58 Å². The van der Waals surface area contributed by atoms with E-state index in [1.54, 1.807) is 6.08 Å². The van der Waals surface area contributed by atoms with Crippen molar-refractivity contribution in [1.29, 1.82) is 0 Å². The molecular formula is C43H42N2. The Morgan fingerprint density at radius 1 is 0.867 bits per heavy atom. The van der Waals surface area contributed by atoms with E-state index in [4.69, 9.17) is 4.98 Å². The number of imidazole rings is 1. The average Bonchev–Trinajstić information content (AvgIpc) is 3.40. The maximum absolute atomic E-state index is 4.83. The summed E-state index contributed by atoms with van der Waals surface area (Å²) in [6, 6.07) is 17.5. The zero-order valence-corrected chi connectivity index (χ0v) is 26.8. The Balaban J connectivity index is 1.59. The van der Waals surface area contributed by atoms with E-state index in [1.807, 2.05) is 23.8 Å². The van der Waals surface area contributed by atoms with Gasteiger partial charge < -0.3 is 4.57 Å². The molecule has 2 heteroatoms. The molecule has 4 aromatic rings. The van der Waals surface area contributed by atoms with E-state index < -0.39 is 0 Å². The maximum atomic E-state index is 4.83. The first-order valence-electron chi connectivity index (χ1n) is 15.5. The van der Waals surface area contributed by atoms with E-state index >= 15 is 0 Å². The predicted octanol–water partition coefficient (Wildman–Crippen LogP) is 11.6. The van der Waals surface area contributed by atoms with Crippen molar-refractivity contribution in [2.24, 2.45) is 13.0 Å². The molecule has 1 aliphatic carbocycles. The second kappa shape index (κ2) is 13.6. The minimum absolute atomic E-state index is 0.0736. The van der Waals surface area contributed by atoms with Crippen LogP contribution in [0.15, 0.2) is 147 Å². The highest BCUT2D eigenvalue weighted by Crippen LogP contribution is 2.48. The molecule has 0 aliphatic heterocycles. The monoisotopic (exact) mass is 586 g/mol. The van der Waals surface area contributed by atoms with Crippen LogP contribution in [-0.4, -0.2) is 9.55 Å². The van der Waals surface area contributed by atoms with Gasteiger partial charge in [-0.1, -0.05) is 124 Å². The number of fused-ring (bicyclic) bond motifs is 6. The molecule has 2 nitrogen and oxygen atoms in total. The summed E-state index contributed by atoms with van der Waals surface area (Å²) in [4.78, 5) is 4.83. The Labute approximate surface area is 268 Å². The van der Waals surface area contributed by atoms with Crippen molar-refractivity contribution < 1.29 is 0 Å². The molecule has 0 saturated carbocycles. The van der Waals surface area contributed by atoms with E-state index in [0.29, 0.717) is 0 Å². The Morgan fingerprint density at radius 2 is 1.53 bits per heavy atom. The highest BCUT2D eigenvalue weighted by Gasteiger charge is 2.31. The van der Waals surface area contributed by atoms with Crippen LogP contribution < -0.4 is 0 Å². The summed E-state index contributed by atoms with van der Waals surface area (Å²) in [5.74, 6) is 1.05. The van der Waals surface area contributed by atoms with Gasteiger partial charge in [0.05, 0.1) is 11.4 Å². The zero-order chi connectivity index (χ0) is 32.1. The van der Waals surface area contributed by atoms with Crippen LogP contribution in [0.2, 0.25) is 0 Å². The summed E-state index contributed by atoms with van der Waals surface area (Å²) in [7, 11) is 2.00. The van der Waals surface area contributed by atoms with Crippen LogP contribution in [-0.2, 0) is 7.05 Å². The first-order valence-corrected chi connectivity index (χ1v) is 15.5. The van der Waals surface area contributed by atoms with E-state index in [2.05, 4.69) is 144 Å². The third-order valence-electron chi connectivity index (χ3n) is 8.60. The number of benzene rings is 3.